The summed E-state index contributed by atoms with van der Waals surface area (Å²) in [6.07, 6.45) is 3.16. The molecule has 0 aromatic carbocycles. The minimum absolute atomic E-state index is 0.158. The first-order valence-electron chi connectivity index (χ1n) is 8.23. The maximum atomic E-state index is 11.7. The average molecular weight is 366 g/mol. The molecule has 0 atom stereocenters. The molecule has 0 bridgehead atoms. The molecule has 2 aromatic rings. The predicted molar refractivity (Wildman–Crippen MR) is 100 cm³/mol. The zero-order valence-corrected chi connectivity index (χ0v) is 16.5. The van der Waals surface area contributed by atoms with E-state index in [0.29, 0.717) is 13.1 Å². The van der Waals surface area contributed by atoms with Crippen molar-refractivity contribution < 1.29 is 9.53 Å². The second-order valence-corrected chi connectivity index (χ2v) is 9.51. The van der Waals surface area contributed by atoms with Crippen LogP contribution in [-0.2, 0) is 17.8 Å². The Morgan fingerprint density at radius 1 is 1.24 bits per heavy atom. The summed E-state index contributed by atoms with van der Waals surface area (Å²) in [4.78, 5) is 16.2. The zero-order chi connectivity index (χ0) is 18.7. The Labute approximate surface area is 153 Å². The molecule has 25 heavy (non-hydrogen) atoms. The van der Waals surface area contributed by atoms with Gasteiger partial charge in [-0.15, -0.1) is 0 Å². The van der Waals surface area contributed by atoms with Crippen molar-refractivity contribution >= 4 is 23.7 Å². The fraction of sp³-hybridized carbons (Fsp3) is 0.588. The molecule has 0 spiro atoms. The summed E-state index contributed by atoms with van der Waals surface area (Å²) >= 11 is 1.69. The molecule has 0 saturated carbocycles. The number of carbonyl (C=O) groups excluding carboxylic acids is 1. The third-order valence-corrected chi connectivity index (χ3v) is 3.80. The van der Waals surface area contributed by atoms with Gasteiger partial charge in [0.05, 0.1) is 24.6 Å². The molecule has 0 fully saturated rings. The van der Waals surface area contributed by atoms with E-state index in [1.165, 1.54) is 0 Å². The van der Waals surface area contributed by atoms with Crippen molar-refractivity contribution in [2.45, 2.75) is 65.0 Å². The molecule has 138 valence electrons. The van der Waals surface area contributed by atoms with Gasteiger partial charge in [0.1, 0.15) is 5.60 Å². The quantitative estimate of drug-likeness (QED) is 0.792. The molecule has 2 N–H and O–H groups in total. The molecule has 0 aliphatic heterocycles. The first kappa shape index (κ1) is 19.5. The highest BCUT2D eigenvalue weighted by Crippen LogP contribution is 2.20. The van der Waals surface area contributed by atoms with Crippen LogP contribution in [-0.4, -0.2) is 31.0 Å². The molecule has 0 aliphatic carbocycles. The van der Waals surface area contributed by atoms with Crippen LogP contribution in [0.3, 0.4) is 0 Å². The summed E-state index contributed by atoms with van der Waals surface area (Å²) in [6.45, 7) is 13.0. The lowest BCUT2D eigenvalue weighted by molar-refractivity contribution is 0.0523. The highest BCUT2D eigenvalue weighted by atomic mass is 32.2. The highest BCUT2D eigenvalue weighted by molar-refractivity contribution is 7.98. The van der Waals surface area contributed by atoms with Crippen molar-refractivity contribution in [1.82, 2.24) is 24.6 Å². The van der Waals surface area contributed by atoms with E-state index in [1.807, 2.05) is 33.0 Å². The molecule has 1 amide bonds. The van der Waals surface area contributed by atoms with E-state index >= 15 is 0 Å². The zero-order valence-electron chi connectivity index (χ0n) is 15.7. The van der Waals surface area contributed by atoms with Crippen LogP contribution < -0.4 is 10.0 Å². The number of fused-ring (bicyclic) bond motifs is 1. The van der Waals surface area contributed by atoms with Gasteiger partial charge >= 0.3 is 6.09 Å². The Hall–Kier alpha value is -1.80. The van der Waals surface area contributed by atoms with Gasteiger partial charge in [-0.05, 0) is 53.2 Å². The maximum Gasteiger partial charge on any atom is 0.407 e. The monoisotopic (exact) mass is 365 g/mol. The van der Waals surface area contributed by atoms with E-state index < -0.39 is 11.7 Å². The SMILES string of the molecule is CC(C)(C)OC(=O)NCc1cn2ncc(CNSC(C)(C)C)cc2n1. The van der Waals surface area contributed by atoms with Crippen LogP contribution in [0.2, 0.25) is 0 Å². The molecule has 0 aliphatic rings. The second kappa shape index (κ2) is 7.61. The average Bonchev–Trinajstić information content (AvgIpc) is 2.84. The van der Waals surface area contributed by atoms with Gasteiger partial charge in [-0.25, -0.2) is 14.3 Å². The van der Waals surface area contributed by atoms with Crippen LogP contribution in [0.25, 0.3) is 5.65 Å². The van der Waals surface area contributed by atoms with Crippen LogP contribution >= 0.6 is 11.9 Å². The standard InChI is InChI=1S/C17H27N5O2S/c1-16(2,3)24-15(23)18-10-13-11-22-14(21-13)7-12(8-19-22)9-20-25-17(4,5)6/h7-8,11,20H,9-10H2,1-6H3,(H,18,23). The van der Waals surface area contributed by atoms with Crippen molar-refractivity contribution in [2.75, 3.05) is 0 Å². The Morgan fingerprint density at radius 3 is 2.60 bits per heavy atom. The molecular formula is C17H27N5O2S. The molecule has 2 heterocycles. The van der Waals surface area contributed by atoms with Gasteiger partial charge in [-0.2, -0.15) is 5.10 Å². The number of aromatic nitrogens is 3. The van der Waals surface area contributed by atoms with Crippen molar-refractivity contribution in [3.63, 3.8) is 0 Å². The number of amides is 1. The molecule has 0 radical (unpaired) electrons. The molecule has 0 unspecified atom stereocenters. The van der Waals surface area contributed by atoms with Crippen LogP contribution in [0.1, 0.15) is 52.8 Å². The lowest BCUT2D eigenvalue weighted by Crippen LogP contribution is -2.32. The van der Waals surface area contributed by atoms with E-state index in [2.05, 4.69) is 40.9 Å². The number of hydrogen-bond acceptors (Lipinski definition) is 6. The van der Waals surface area contributed by atoms with Gasteiger partial charge in [-0.3, -0.25) is 4.72 Å². The lowest BCUT2D eigenvalue weighted by Gasteiger charge is -2.19. The largest absolute Gasteiger partial charge is 0.444 e. The van der Waals surface area contributed by atoms with E-state index in [4.69, 9.17) is 4.74 Å². The van der Waals surface area contributed by atoms with Gasteiger partial charge in [0.25, 0.3) is 0 Å². The van der Waals surface area contributed by atoms with Gasteiger partial charge in [0.15, 0.2) is 5.65 Å². The summed E-state index contributed by atoms with van der Waals surface area (Å²) in [7, 11) is 0. The molecule has 2 aromatic heterocycles. The predicted octanol–water partition coefficient (Wildman–Crippen LogP) is 3.29. The number of imidazole rings is 1. The normalized spacial score (nSPS) is 12.4. The highest BCUT2D eigenvalue weighted by Gasteiger charge is 2.16. The smallest absolute Gasteiger partial charge is 0.407 e. The maximum absolute atomic E-state index is 11.7. The first-order valence-corrected chi connectivity index (χ1v) is 9.04. The summed E-state index contributed by atoms with van der Waals surface area (Å²) in [5.41, 5.74) is 2.02. The first-order chi connectivity index (χ1) is 11.5. The fourth-order valence-electron chi connectivity index (χ4n) is 1.96. The van der Waals surface area contributed by atoms with Crippen molar-refractivity contribution in [1.29, 1.82) is 0 Å². The number of nitrogens with zero attached hydrogens (tertiary/aromatic N) is 3. The lowest BCUT2D eigenvalue weighted by atomic mass is 10.2. The Balaban J connectivity index is 1.94. The third-order valence-electron chi connectivity index (χ3n) is 2.89. The summed E-state index contributed by atoms with van der Waals surface area (Å²) in [6, 6.07) is 1.99. The number of alkyl carbamates (subject to hydrolysis) is 1. The number of nitrogens with one attached hydrogen (secondary N) is 2. The minimum atomic E-state index is -0.516. The van der Waals surface area contributed by atoms with Crippen LogP contribution in [0, 0.1) is 0 Å². The Bertz CT molecular complexity index is 731. The molecule has 7 nitrogen and oxygen atoms in total. The van der Waals surface area contributed by atoms with Crippen LogP contribution in [0.5, 0.6) is 0 Å². The minimum Gasteiger partial charge on any atom is -0.444 e. The molecular weight excluding hydrogens is 338 g/mol. The fourth-order valence-corrected chi connectivity index (χ4v) is 2.63. The number of ether oxygens (including phenoxy) is 1. The van der Waals surface area contributed by atoms with Crippen LogP contribution in [0.15, 0.2) is 18.5 Å². The topological polar surface area (TPSA) is 80.5 Å². The van der Waals surface area contributed by atoms with Gasteiger partial charge in [-0.1, -0.05) is 11.9 Å². The molecule has 8 heteroatoms. The third kappa shape index (κ3) is 6.91. The van der Waals surface area contributed by atoms with E-state index in [9.17, 15) is 4.79 Å². The van der Waals surface area contributed by atoms with Crippen molar-refractivity contribution in [3.05, 3.63) is 29.7 Å². The van der Waals surface area contributed by atoms with Crippen molar-refractivity contribution in [3.8, 4) is 0 Å². The van der Waals surface area contributed by atoms with E-state index in [0.717, 1.165) is 16.9 Å². The summed E-state index contributed by atoms with van der Waals surface area (Å²) < 4.78 is 10.4. The van der Waals surface area contributed by atoms with Gasteiger partial charge < -0.3 is 10.1 Å². The number of hydrogen-bond donors (Lipinski definition) is 2. The Kier molecular flexibility index (Phi) is 5.95. The van der Waals surface area contributed by atoms with E-state index in [-0.39, 0.29) is 4.75 Å². The van der Waals surface area contributed by atoms with E-state index in [1.54, 1.807) is 22.7 Å². The van der Waals surface area contributed by atoms with Crippen molar-refractivity contribution in [2.24, 2.45) is 0 Å². The van der Waals surface area contributed by atoms with Gasteiger partial charge in [0.2, 0.25) is 0 Å². The summed E-state index contributed by atoms with van der Waals surface area (Å²) in [5.74, 6) is 0. The molecule has 0 saturated heterocycles. The van der Waals surface area contributed by atoms with Gasteiger partial charge in [0, 0.05) is 11.3 Å². The number of carbonyl (C=O) groups is 1. The number of rotatable bonds is 5. The molecule has 2 rings (SSSR count). The van der Waals surface area contributed by atoms with Crippen LogP contribution in [0.4, 0.5) is 4.79 Å². The second-order valence-electron chi connectivity index (χ2n) is 7.79. The Morgan fingerprint density at radius 2 is 1.96 bits per heavy atom. The summed E-state index contributed by atoms with van der Waals surface area (Å²) in [5, 5.41) is 7.07.